The number of hydrogen-bond acceptors (Lipinski definition) is 6. The summed E-state index contributed by atoms with van der Waals surface area (Å²) in [5, 5.41) is 22.1. The molecule has 2 heterocycles. The van der Waals surface area contributed by atoms with Crippen LogP contribution in [0.2, 0.25) is 0 Å². The van der Waals surface area contributed by atoms with Gasteiger partial charge in [0, 0.05) is 11.9 Å². The largest absolute Gasteiger partial charge is 0.506 e. The van der Waals surface area contributed by atoms with Crippen molar-refractivity contribution in [3.05, 3.63) is 45.2 Å². The fraction of sp³-hybridized carbons (Fsp3) is 0.250. The predicted octanol–water partition coefficient (Wildman–Crippen LogP) is 2.53. The summed E-state index contributed by atoms with van der Waals surface area (Å²) in [4.78, 5) is 25.3. The molecular formula is C16H16N4O3S. The Morgan fingerprint density at radius 2 is 2.08 bits per heavy atom. The van der Waals surface area contributed by atoms with Gasteiger partial charge in [0.15, 0.2) is 0 Å². The Morgan fingerprint density at radius 1 is 1.33 bits per heavy atom. The Kier molecular flexibility index (Phi) is 4.30. The molecule has 7 nitrogen and oxygen atoms in total. The smallest absolute Gasteiger partial charge is 0.267 e. The maximum Gasteiger partial charge on any atom is 0.267 e. The van der Waals surface area contributed by atoms with Crippen LogP contribution in [-0.2, 0) is 6.54 Å². The minimum Gasteiger partial charge on any atom is -0.506 e. The molecule has 0 saturated carbocycles. The van der Waals surface area contributed by atoms with Crippen LogP contribution in [0.15, 0.2) is 29.1 Å². The zero-order chi connectivity index (χ0) is 17.3. The molecule has 0 radical (unpaired) electrons. The van der Waals surface area contributed by atoms with Gasteiger partial charge in [-0.3, -0.25) is 14.9 Å². The van der Waals surface area contributed by atoms with Gasteiger partial charge in [-0.25, -0.2) is 0 Å². The molecule has 2 aromatic heterocycles. The number of benzene rings is 1. The predicted molar refractivity (Wildman–Crippen MR) is 92.8 cm³/mol. The number of nitrogens with one attached hydrogen (secondary N) is 1. The summed E-state index contributed by atoms with van der Waals surface area (Å²) in [7, 11) is 0. The van der Waals surface area contributed by atoms with E-state index in [1.165, 1.54) is 15.9 Å². The van der Waals surface area contributed by atoms with Crippen molar-refractivity contribution < 1.29 is 9.90 Å². The van der Waals surface area contributed by atoms with Gasteiger partial charge in [-0.15, -0.1) is 10.2 Å². The molecular weight excluding hydrogens is 328 g/mol. The molecule has 0 aliphatic carbocycles. The van der Waals surface area contributed by atoms with Crippen LogP contribution < -0.4 is 10.9 Å². The first-order chi connectivity index (χ1) is 11.5. The van der Waals surface area contributed by atoms with Crippen LogP contribution in [0.1, 0.15) is 28.7 Å². The number of carbonyl (C=O) groups excluding carboxylic acids is 1. The Bertz CT molecular complexity index is 977. The van der Waals surface area contributed by atoms with Gasteiger partial charge in [-0.1, -0.05) is 30.4 Å². The van der Waals surface area contributed by atoms with E-state index in [-0.39, 0.29) is 16.4 Å². The van der Waals surface area contributed by atoms with Gasteiger partial charge in [0.25, 0.3) is 11.5 Å². The molecule has 0 aliphatic heterocycles. The molecule has 0 fully saturated rings. The van der Waals surface area contributed by atoms with Crippen molar-refractivity contribution in [2.75, 3.05) is 5.32 Å². The average molecular weight is 344 g/mol. The van der Waals surface area contributed by atoms with Crippen molar-refractivity contribution in [1.82, 2.24) is 14.8 Å². The van der Waals surface area contributed by atoms with Gasteiger partial charge in [0.05, 0.1) is 5.52 Å². The molecule has 0 aliphatic rings. The van der Waals surface area contributed by atoms with Crippen LogP contribution >= 0.6 is 11.3 Å². The quantitative estimate of drug-likeness (QED) is 0.758. The topological polar surface area (TPSA) is 97.1 Å². The molecule has 124 valence electrons. The molecule has 1 aromatic carbocycles. The Morgan fingerprint density at radius 3 is 2.75 bits per heavy atom. The van der Waals surface area contributed by atoms with E-state index >= 15 is 0 Å². The normalized spacial score (nSPS) is 10.9. The summed E-state index contributed by atoms with van der Waals surface area (Å²) in [5.74, 6) is -1.01. The lowest BCUT2D eigenvalue weighted by Gasteiger charge is -2.13. The first-order valence-electron chi connectivity index (χ1n) is 7.49. The molecule has 8 heteroatoms. The molecule has 0 unspecified atom stereocenters. The number of para-hydroxylation sites is 1. The number of fused-ring (bicyclic) bond motifs is 1. The lowest BCUT2D eigenvalue weighted by molar-refractivity contribution is 0.102. The zero-order valence-corrected chi connectivity index (χ0v) is 14.1. The number of rotatable bonds is 4. The van der Waals surface area contributed by atoms with Gasteiger partial charge in [0.1, 0.15) is 16.3 Å². The van der Waals surface area contributed by atoms with E-state index < -0.39 is 11.5 Å². The van der Waals surface area contributed by atoms with Gasteiger partial charge in [-0.05, 0) is 25.5 Å². The summed E-state index contributed by atoms with van der Waals surface area (Å²) in [6.07, 6.45) is 0.728. The fourth-order valence-electron chi connectivity index (χ4n) is 2.55. The van der Waals surface area contributed by atoms with E-state index in [2.05, 4.69) is 15.5 Å². The molecule has 3 aromatic rings. The number of aromatic nitrogens is 3. The van der Waals surface area contributed by atoms with E-state index in [0.29, 0.717) is 22.5 Å². The van der Waals surface area contributed by atoms with Gasteiger partial charge < -0.3 is 9.67 Å². The molecule has 3 rings (SSSR count). The second kappa shape index (κ2) is 6.40. The molecule has 0 atom stereocenters. The highest BCUT2D eigenvalue weighted by molar-refractivity contribution is 7.15. The number of aryl methyl sites for hydroxylation is 2. The third-order valence-corrected chi connectivity index (χ3v) is 4.32. The summed E-state index contributed by atoms with van der Waals surface area (Å²) < 4.78 is 1.51. The summed E-state index contributed by atoms with van der Waals surface area (Å²) >= 11 is 1.20. The van der Waals surface area contributed by atoms with Crippen molar-refractivity contribution in [3.8, 4) is 5.75 Å². The first kappa shape index (κ1) is 16.1. The number of aromatic hydroxyl groups is 1. The maximum absolute atomic E-state index is 12.7. The molecule has 0 bridgehead atoms. The number of carbonyl (C=O) groups is 1. The van der Waals surface area contributed by atoms with Crippen LogP contribution in [-0.4, -0.2) is 25.8 Å². The van der Waals surface area contributed by atoms with Crippen molar-refractivity contribution in [2.24, 2.45) is 0 Å². The van der Waals surface area contributed by atoms with Gasteiger partial charge in [-0.2, -0.15) is 0 Å². The number of pyridine rings is 1. The standard InChI is InChI=1S/C16H16N4O3S/c1-3-8-20-11-7-5-4-6-10(11)13(21)12(15(20)23)14(22)17-16-19-18-9(2)24-16/h4-7,21H,3,8H2,1-2H3,(H,17,19,22). The maximum atomic E-state index is 12.7. The van der Waals surface area contributed by atoms with E-state index in [1.807, 2.05) is 6.92 Å². The molecule has 1 amide bonds. The number of amides is 1. The van der Waals surface area contributed by atoms with Gasteiger partial charge in [0.2, 0.25) is 5.13 Å². The summed E-state index contributed by atoms with van der Waals surface area (Å²) in [6.45, 7) is 4.16. The third-order valence-electron chi connectivity index (χ3n) is 3.57. The molecule has 2 N–H and O–H groups in total. The average Bonchev–Trinajstić information content (AvgIpc) is 2.96. The van der Waals surface area contributed by atoms with Crippen LogP contribution in [0.5, 0.6) is 5.75 Å². The number of anilines is 1. The Labute approximate surface area is 141 Å². The van der Waals surface area contributed by atoms with E-state index in [4.69, 9.17) is 0 Å². The second-order valence-corrected chi connectivity index (χ2v) is 6.46. The molecule has 0 saturated heterocycles. The Balaban J connectivity index is 2.16. The minimum absolute atomic E-state index is 0.282. The van der Waals surface area contributed by atoms with Crippen molar-refractivity contribution >= 4 is 33.3 Å². The monoisotopic (exact) mass is 344 g/mol. The fourth-order valence-corrected chi connectivity index (χ4v) is 3.13. The van der Waals surface area contributed by atoms with E-state index in [0.717, 1.165) is 6.42 Å². The Hall–Kier alpha value is -2.74. The lowest BCUT2D eigenvalue weighted by Crippen LogP contribution is -2.29. The van der Waals surface area contributed by atoms with E-state index in [1.54, 1.807) is 31.2 Å². The lowest BCUT2D eigenvalue weighted by atomic mass is 10.1. The number of hydrogen-bond donors (Lipinski definition) is 2. The molecule has 24 heavy (non-hydrogen) atoms. The first-order valence-corrected chi connectivity index (χ1v) is 8.30. The molecule has 0 spiro atoms. The van der Waals surface area contributed by atoms with Crippen LogP contribution in [0.25, 0.3) is 10.9 Å². The highest BCUT2D eigenvalue weighted by Crippen LogP contribution is 2.27. The summed E-state index contributed by atoms with van der Waals surface area (Å²) in [5.41, 5.74) is -0.202. The van der Waals surface area contributed by atoms with Crippen LogP contribution in [0, 0.1) is 6.92 Å². The van der Waals surface area contributed by atoms with Crippen molar-refractivity contribution in [1.29, 1.82) is 0 Å². The summed E-state index contributed by atoms with van der Waals surface area (Å²) in [6, 6.07) is 6.97. The van der Waals surface area contributed by atoms with Crippen LogP contribution in [0.3, 0.4) is 0 Å². The SMILES string of the molecule is CCCn1c(=O)c(C(=O)Nc2nnc(C)s2)c(O)c2ccccc21. The van der Waals surface area contributed by atoms with Crippen molar-refractivity contribution in [2.45, 2.75) is 26.8 Å². The second-order valence-electron chi connectivity index (χ2n) is 5.28. The third kappa shape index (κ3) is 2.76. The highest BCUT2D eigenvalue weighted by Gasteiger charge is 2.22. The number of nitrogens with zero attached hydrogens (tertiary/aromatic N) is 3. The minimum atomic E-state index is -0.691. The highest BCUT2D eigenvalue weighted by atomic mass is 32.1. The van der Waals surface area contributed by atoms with Gasteiger partial charge >= 0.3 is 0 Å². The van der Waals surface area contributed by atoms with Crippen molar-refractivity contribution in [3.63, 3.8) is 0 Å². The van der Waals surface area contributed by atoms with E-state index in [9.17, 15) is 14.7 Å². The van der Waals surface area contributed by atoms with Crippen LogP contribution in [0.4, 0.5) is 5.13 Å². The zero-order valence-electron chi connectivity index (χ0n) is 13.2.